The maximum Gasteiger partial charge on any atom is 0.329 e. The van der Waals surface area contributed by atoms with Gasteiger partial charge in [-0.15, -0.1) is 0 Å². The number of cyclic esters (lactones) is 1. The van der Waals surface area contributed by atoms with Crippen molar-refractivity contribution >= 4 is 135 Å². The van der Waals surface area contributed by atoms with Gasteiger partial charge in [0, 0.05) is 47.6 Å². The molecule has 2 saturated heterocycles. The second-order valence-electron chi connectivity index (χ2n) is 27.5. The van der Waals surface area contributed by atoms with Gasteiger partial charge in [0.25, 0.3) is 5.91 Å². The third-order valence-corrected chi connectivity index (χ3v) is 18.3. The molecule has 2 bridgehead atoms. The number of aliphatic hydroxyl groups excluding tert-OH is 1. The van der Waals surface area contributed by atoms with E-state index in [1.54, 1.807) is 30.5 Å². The summed E-state index contributed by atoms with van der Waals surface area (Å²) >= 11 is 0. The van der Waals surface area contributed by atoms with Gasteiger partial charge in [-0.25, -0.2) is 4.79 Å². The maximum atomic E-state index is 14.8. The molecule has 13 atom stereocenters. The van der Waals surface area contributed by atoms with Gasteiger partial charge in [0.05, 0.1) is 45.3 Å². The lowest BCUT2D eigenvalue weighted by Gasteiger charge is -2.30. The van der Waals surface area contributed by atoms with Crippen molar-refractivity contribution in [3.05, 3.63) is 65.9 Å². The van der Waals surface area contributed by atoms with Crippen LogP contribution in [0.3, 0.4) is 0 Å². The van der Waals surface area contributed by atoms with Gasteiger partial charge >= 0.3 is 23.9 Å². The molecule has 42 nitrogen and oxygen atoms in total. The van der Waals surface area contributed by atoms with E-state index in [0.29, 0.717) is 34.2 Å². The number of anilines is 1. The number of imide groups is 1. The van der Waals surface area contributed by atoms with Gasteiger partial charge in [0.2, 0.25) is 82.7 Å². The maximum absolute atomic E-state index is 14.8. The monoisotopic (exact) mass is 1600 g/mol. The van der Waals surface area contributed by atoms with Crippen molar-refractivity contribution in [3.8, 4) is 0 Å². The summed E-state index contributed by atoms with van der Waals surface area (Å²) in [6, 6.07) is -9.90. The number of hydrogen-bond donors (Lipinski definition) is 20. The van der Waals surface area contributed by atoms with Crippen molar-refractivity contribution in [3.63, 3.8) is 0 Å². The van der Waals surface area contributed by atoms with Gasteiger partial charge in [0.15, 0.2) is 5.78 Å². The number of carbonyl (C=O) groups is 20. The van der Waals surface area contributed by atoms with Crippen LogP contribution in [0, 0.1) is 5.92 Å². The van der Waals surface area contributed by atoms with Crippen LogP contribution in [0.25, 0.3) is 10.9 Å². The number of nitrogen functional groups attached to an aromatic ring is 1. The predicted octanol–water partition coefficient (Wildman–Crippen LogP) is -5.45. The number of rotatable bonds is 33. The minimum atomic E-state index is -2.44. The van der Waals surface area contributed by atoms with Gasteiger partial charge in [-0.2, -0.15) is 0 Å². The highest BCUT2D eigenvalue weighted by Crippen LogP contribution is 2.22. The standard InChI is InChI=1S/C72H99N17O25/c1-5-6-7-8-9-10-11-22-53(93)80-44(25-38-31-76-42-20-15-13-17-39(38)42)65(106)82-45(27-52(75)92)66(107)84-47(30-59(101)102)67(108)88-61-37(4)114-72(113)49(26-51(91)40-18-12-14-19-41(40)74)86-70(111)60(35(2)24-57(97)98)87-68(109)50(34-90)81-55(95)33-89-56(96)28-48(71(89)112)85-62(103)36(3)78-64(105)46(29-58(99)100)83-63(104)43(21-16-23-73)79-54(94)32-77-69(61)110/h12-15,17-20,31,35-37,43-50,60-61,76,90H,5-11,16,21-30,32-34,73-74H2,1-4H3,(H2,75,92)(H,77,110)(H,78,105)(H,79,94)(H,80,93)(H,81,95)(H,82,106)(H,83,104)(H,84,107)(H,85,103)(H,86,111)(H,87,109)(H,88,108)(H,97,98)(H,99,100)(H,101,102)/t35-,36+,37+,43-,44-,45+,46-,47-,48-,49-,50+,60-,61-/m0/s1. The first-order valence-corrected chi connectivity index (χ1v) is 36.8. The number of unbranched alkanes of at least 4 members (excludes halogenated alkanes) is 6. The van der Waals surface area contributed by atoms with Crippen LogP contribution in [-0.4, -0.2) is 247 Å². The zero-order valence-corrected chi connectivity index (χ0v) is 63.1. The quantitative estimate of drug-likeness (QED) is 0.00889. The first kappa shape index (κ1) is 92.1. The molecule has 0 saturated carbocycles. The van der Waals surface area contributed by atoms with E-state index in [0.717, 1.165) is 52.9 Å². The number of aliphatic carboxylic acids is 3. The van der Waals surface area contributed by atoms with Gasteiger partial charge in [-0.05, 0) is 69.3 Å². The molecule has 5 rings (SSSR count). The number of Topliss-reactive ketones (excluding diaryl/α,β-unsaturated/α-hetero) is 1. The van der Waals surface area contributed by atoms with E-state index in [2.05, 4.69) is 70.4 Å². The molecule has 2 aliphatic heterocycles. The molecule has 0 radical (unpaired) electrons. The predicted molar refractivity (Wildman–Crippen MR) is 396 cm³/mol. The third-order valence-electron chi connectivity index (χ3n) is 18.3. The number of aliphatic hydroxyl groups is 1. The van der Waals surface area contributed by atoms with E-state index < -0.39 is 255 Å². The molecule has 23 N–H and O–H groups in total. The van der Waals surface area contributed by atoms with Crippen LogP contribution in [0.5, 0.6) is 0 Å². The molecular weight excluding hydrogens is 1500 g/mol. The Hall–Kier alpha value is -12.5. The Morgan fingerprint density at radius 3 is 1.86 bits per heavy atom. The Balaban J connectivity index is 1.59. The minimum absolute atomic E-state index is 0.0141. The van der Waals surface area contributed by atoms with Crippen LogP contribution in [0.4, 0.5) is 5.69 Å². The number of fused-ring (bicyclic) bond motifs is 3. The van der Waals surface area contributed by atoms with E-state index >= 15 is 0 Å². The van der Waals surface area contributed by atoms with Crippen LogP contribution >= 0.6 is 0 Å². The Bertz CT molecular complexity index is 4080. The van der Waals surface area contributed by atoms with Gasteiger partial charge in [0.1, 0.15) is 79.1 Å². The number of para-hydroxylation sites is 2. The number of esters is 1. The first-order valence-electron chi connectivity index (χ1n) is 36.8. The molecule has 0 aliphatic carbocycles. The number of ether oxygens (including phenoxy) is 1. The number of amides is 15. The fraction of sp³-hybridized carbons (Fsp3) is 0.528. The zero-order chi connectivity index (χ0) is 84.6. The van der Waals surface area contributed by atoms with Crippen molar-refractivity contribution in [2.24, 2.45) is 17.4 Å². The number of carboxylic acid groups (broad SMARTS) is 3. The highest BCUT2D eigenvalue weighted by atomic mass is 16.5. The van der Waals surface area contributed by atoms with Gasteiger partial charge in [-0.1, -0.05) is 82.7 Å². The fourth-order valence-electron chi connectivity index (χ4n) is 12.2. The summed E-state index contributed by atoms with van der Waals surface area (Å²) in [6.07, 6.45) is -1.75. The lowest BCUT2D eigenvalue weighted by molar-refractivity contribution is -0.156. The lowest BCUT2D eigenvalue weighted by atomic mass is 9.96. The number of aromatic nitrogens is 1. The van der Waals surface area contributed by atoms with Gasteiger partial charge < -0.3 is 111 Å². The molecule has 2 fully saturated rings. The highest BCUT2D eigenvalue weighted by molar-refractivity contribution is 6.10. The number of benzene rings is 2. The molecular formula is C72H99N17O25. The number of hydrogen-bond acceptors (Lipinski definition) is 24. The summed E-state index contributed by atoms with van der Waals surface area (Å²) < 4.78 is 5.69. The smallest absolute Gasteiger partial charge is 0.329 e. The fourth-order valence-corrected chi connectivity index (χ4v) is 12.2. The molecule has 114 heavy (non-hydrogen) atoms. The number of carboxylic acids is 3. The highest BCUT2D eigenvalue weighted by Gasteiger charge is 2.44. The van der Waals surface area contributed by atoms with Crippen LogP contribution < -0.4 is 81.0 Å². The molecule has 0 spiro atoms. The average Bonchev–Trinajstić information content (AvgIpc) is 1.73. The van der Waals surface area contributed by atoms with Crippen molar-refractivity contribution in [2.45, 2.75) is 209 Å². The Morgan fingerprint density at radius 2 is 1.22 bits per heavy atom. The number of nitrogens with one attached hydrogen (secondary N) is 13. The van der Waals surface area contributed by atoms with E-state index in [-0.39, 0.29) is 43.5 Å². The summed E-state index contributed by atoms with van der Waals surface area (Å²) in [5.41, 5.74) is 18.1. The van der Waals surface area contributed by atoms with Crippen molar-refractivity contribution < 1.29 is 121 Å². The Morgan fingerprint density at radius 1 is 0.614 bits per heavy atom. The molecule has 3 heterocycles. The number of primary amides is 1. The summed E-state index contributed by atoms with van der Waals surface area (Å²) in [7, 11) is 0. The Kier molecular flexibility index (Phi) is 36.5. The van der Waals surface area contributed by atoms with Crippen LogP contribution in [0.15, 0.2) is 54.7 Å². The number of nitrogens with zero attached hydrogens (tertiary/aromatic N) is 1. The number of ketones is 1. The number of carbonyl (C=O) groups excluding carboxylic acids is 17. The topological polar surface area (TPSA) is 673 Å². The first-order chi connectivity index (χ1) is 53.9. The minimum Gasteiger partial charge on any atom is -0.481 e. The van der Waals surface area contributed by atoms with Crippen LogP contribution in [-0.2, 0) is 102 Å². The normalized spacial score (nSPS) is 21.8. The van der Waals surface area contributed by atoms with E-state index in [9.17, 15) is 116 Å². The summed E-state index contributed by atoms with van der Waals surface area (Å²) in [5.74, 6) is -28.5. The molecule has 622 valence electrons. The molecule has 2 aliphatic rings. The van der Waals surface area contributed by atoms with E-state index in [1.165, 1.54) is 24.3 Å². The van der Waals surface area contributed by atoms with Crippen molar-refractivity contribution in [1.82, 2.24) is 73.7 Å². The van der Waals surface area contributed by atoms with Gasteiger partial charge in [-0.3, -0.25) is 96.0 Å². The molecule has 42 heteroatoms. The molecule has 1 aromatic heterocycles. The summed E-state index contributed by atoms with van der Waals surface area (Å²) in [6.45, 7) is 1.23. The number of aromatic amines is 1. The molecule has 15 amide bonds. The molecule has 2 aromatic carbocycles. The summed E-state index contributed by atoms with van der Waals surface area (Å²) in [5, 5.41) is 67.5. The second-order valence-corrected chi connectivity index (χ2v) is 27.5. The SMILES string of the molecule is CCCCCCCCCC(=O)N[C@@H](Cc1c[nH]c2ccccc12)C(=O)N[C@H](CC(N)=O)C(=O)N[C@@H](CC(=O)O)C(=O)N[C@@H]1C(=O)NCC(=O)N[C@@H](CCCN)C(=O)N[C@@H](CC(=O)O)C(=O)N[C@H](C)C(=O)N[C@H]2CC(=O)N(CC(=O)N[C@H](CO)C(=O)N[C@@H]([C@@H](C)CC(=O)O)C(=O)N[C@@H](CC(=O)c3ccccc3N)C(=O)O[C@@H]1C)C2=O. The summed E-state index contributed by atoms with van der Waals surface area (Å²) in [4.78, 5) is 278. The van der Waals surface area contributed by atoms with E-state index in [1.807, 2.05) is 5.32 Å². The number of nitrogens with two attached hydrogens (primary N) is 3. The average molecular weight is 1600 g/mol. The molecule has 3 aromatic rings. The third kappa shape index (κ3) is 29.0. The zero-order valence-electron chi connectivity index (χ0n) is 63.1. The van der Waals surface area contributed by atoms with Crippen molar-refractivity contribution in [2.75, 3.05) is 32.0 Å². The van der Waals surface area contributed by atoms with E-state index in [4.69, 9.17) is 21.9 Å². The number of H-pyrrole nitrogens is 1. The van der Waals surface area contributed by atoms with Crippen molar-refractivity contribution in [1.29, 1.82) is 0 Å². The second kappa shape index (κ2) is 45.1. The largest absolute Gasteiger partial charge is 0.481 e. The van der Waals surface area contributed by atoms with Crippen LogP contribution in [0.2, 0.25) is 0 Å². The van der Waals surface area contributed by atoms with Crippen LogP contribution in [0.1, 0.15) is 146 Å². The lowest BCUT2D eigenvalue weighted by Crippen LogP contribution is -2.62. The Labute approximate surface area is 651 Å². The molecule has 0 unspecified atom stereocenters.